The quantitative estimate of drug-likeness (QED) is 0.153. The molecule has 3 rings (SSSR count). The van der Waals surface area contributed by atoms with E-state index in [-0.39, 0.29) is 37.4 Å². The number of nitrogens with zero attached hydrogens (tertiary/aromatic N) is 3. The number of carboxylic acid groups (broad SMARTS) is 1. The van der Waals surface area contributed by atoms with E-state index < -0.39 is 29.5 Å². The van der Waals surface area contributed by atoms with Crippen molar-refractivity contribution >= 4 is 35.5 Å². The van der Waals surface area contributed by atoms with E-state index in [0.29, 0.717) is 33.9 Å². The third kappa shape index (κ3) is 11.7. The Balaban J connectivity index is 0.00000280. The van der Waals surface area contributed by atoms with Crippen LogP contribution in [0.5, 0.6) is 0 Å². The molecule has 0 bridgehead atoms. The zero-order valence-electron chi connectivity index (χ0n) is 28.2. The molecule has 262 valence electrons. The van der Waals surface area contributed by atoms with Crippen LogP contribution in [0.15, 0.2) is 60.5 Å². The number of aromatic carboxylic acids is 1. The van der Waals surface area contributed by atoms with E-state index in [1.165, 1.54) is 22.8 Å². The molecule has 1 aromatic carbocycles. The van der Waals surface area contributed by atoms with E-state index >= 15 is 0 Å². The van der Waals surface area contributed by atoms with Gasteiger partial charge in [-0.05, 0) is 35.7 Å². The summed E-state index contributed by atoms with van der Waals surface area (Å²) in [6.45, 7) is 13.0. The first kappa shape index (κ1) is 43.1. The lowest BCUT2D eigenvalue weighted by Gasteiger charge is -2.32. The number of aldehydes is 1. The molecule has 0 spiro atoms. The molecule has 1 amide bonds. The van der Waals surface area contributed by atoms with Crippen LogP contribution >= 0.6 is 11.6 Å². The average molecular weight is 684 g/mol. The zero-order valence-corrected chi connectivity index (χ0v) is 29.0. The molecule has 2 heterocycles. The average Bonchev–Trinajstić information content (AvgIpc) is 3.42. The Morgan fingerprint density at radius 3 is 2.36 bits per heavy atom. The number of aromatic nitrogens is 2. The Bertz CT molecular complexity index is 1380. The standard InChI is InChI=1S/C29H34ClN3O7.C2H6.CH3FO.CH4O/c1-6-8-19(24(7-2)39-5)26-20-13-18(30)9-10-22(20)32(16-29(3,4)17-35)27(36)25(40-26)14-23-21(28(37)38)15-31-33(23)11-12-34;1-2;1-3-2;1-2/h6-10,12-13,15,25-26,35H,2,11,14,16-17H2,1,3-5H3,(H,37,38);1-2H3;1H3;2H,1H3/b8-6-,24-19-;;;/t25-,26?;;;/m1.../s1. The van der Waals surface area contributed by atoms with E-state index in [9.17, 15) is 29.1 Å². The van der Waals surface area contributed by atoms with Crippen molar-refractivity contribution in [3.63, 3.8) is 0 Å². The molecule has 0 aliphatic carbocycles. The third-order valence-electron chi connectivity index (χ3n) is 6.54. The predicted octanol–water partition coefficient (Wildman–Crippen LogP) is 5.28. The van der Waals surface area contributed by atoms with Gasteiger partial charge in [0.1, 0.15) is 29.8 Å². The lowest BCUT2D eigenvalue weighted by atomic mass is 9.92. The van der Waals surface area contributed by atoms with Gasteiger partial charge in [0.05, 0.1) is 32.7 Å². The van der Waals surface area contributed by atoms with Crippen LogP contribution in [-0.4, -0.2) is 83.8 Å². The number of benzene rings is 1. The van der Waals surface area contributed by atoms with Crippen molar-refractivity contribution in [3.8, 4) is 0 Å². The number of hydrogen-bond acceptors (Lipinski definition) is 9. The fourth-order valence-corrected chi connectivity index (χ4v) is 4.77. The van der Waals surface area contributed by atoms with Crippen LogP contribution in [-0.2, 0) is 37.0 Å². The smallest absolute Gasteiger partial charge is 0.339 e. The van der Waals surface area contributed by atoms with E-state index in [0.717, 1.165) is 20.4 Å². The molecule has 1 aromatic heterocycles. The number of ether oxygens (including phenoxy) is 2. The van der Waals surface area contributed by atoms with Crippen molar-refractivity contribution in [2.45, 2.75) is 59.8 Å². The second-order valence-electron chi connectivity index (χ2n) is 10.2. The van der Waals surface area contributed by atoms with E-state index in [2.05, 4.69) is 16.6 Å². The molecule has 47 heavy (non-hydrogen) atoms. The molecule has 2 atom stereocenters. The molecule has 1 aliphatic heterocycles. The van der Waals surface area contributed by atoms with Gasteiger partial charge in [0.25, 0.3) is 5.91 Å². The number of halogens is 2. The molecule has 0 saturated carbocycles. The van der Waals surface area contributed by atoms with Crippen LogP contribution in [0.3, 0.4) is 0 Å². The van der Waals surface area contributed by atoms with Crippen LogP contribution in [0.2, 0.25) is 5.02 Å². The summed E-state index contributed by atoms with van der Waals surface area (Å²) in [5.74, 6) is -1.30. The van der Waals surface area contributed by atoms with Gasteiger partial charge in [0.15, 0.2) is 0 Å². The van der Waals surface area contributed by atoms with Crippen LogP contribution in [0.1, 0.15) is 62.3 Å². The molecular formula is C33H47ClFN3O9. The van der Waals surface area contributed by atoms with Crippen molar-refractivity contribution in [1.82, 2.24) is 9.78 Å². The van der Waals surface area contributed by atoms with Crippen LogP contribution < -0.4 is 4.90 Å². The van der Waals surface area contributed by atoms with Gasteiger partial charge >= 0.3 is 5.97 Å². The topological polar surface area (TPSA) is 161 Å². The fourth-order valence-electron chi connectivity index (χ4n) is 4.59. The van der Waals surface area contributed by atoms with Gasteiger partial charge in [-0.25, -0.2) is 4.79 Å². The van der Waals surface area contributed by atoms with Gasteiger partial charge in [-0.1, -0.05) is 58.0 Å². The summed E-state index contributed by atoms with van der Waals surface area (Å²) in [4.78, 5) is 41.8. The fraction of sp³-hybridized carbons (Fsp3) is 0.455. The van der Waals surface area contributed by atoms with Crippen molar-refractivity contribution in [2.24, 2.45) is 5.41 Å². The Hall–Kier alpha value is -3.88. The number of aliphatic hydroxyl groups is 2. The maximum Gasteiger partial charge on any atom is 0.339 e. The van der Waals surface area contributed by atoms with Crippen molar-refractivity contribution in [3.05, 3.63) is 82.4 Å². The molecule has 1 unspecified atom stereocenters. The largest absolute Gasteiger partial charge is 0.496 e. The summed E-state index contributed by atoms with van der Waals surface area (Å²) in [7, 11) is 3.45. The number of allylic oxidation sites excluding steroid dienone is 2. The highest BCUT2D eigenvalue weighted by molar-refractivity contribution is 6.30. The normalized spacial score (nSPS) is 16.2. The number of methoxy groups -OCH3 is 1. The number of carboxylic acids is 1. The minimum Gasteiger partial charge on any atom is -0.496 e. The summed E-state index contributed by atoms with van der Waals surface area (Å²) >= 11 is 6.44. The number of anilines is 1. The maximum absolute atomic E-state index is 14.3. The summed E-state index contributed by atoms with van der Waals surface area (Å²) in [6.07, 6.45) is 4.55. The van der Waals surface area contributed by atoms with Crippen LogP contribution in [0.25, 0.3) is 0 Å². The van der Waals surface area contributed by atoms with Gasteiger partial charge in [-0.2, -0.15) is 10.0 Å². The van der Waals surface area contributed by atoms with Gasteiger partial charge < -0.3 is 34.5 Å². The van der Waals surface area contributed by atoms with Gasteiger partial charge in [-0.15, -0.1) is 0 Å². The Labute approximate surface area is 280 Å². The molecular weight excluding hydrogens is 637 g/mol. The molecule has 3 N–H and O–H groups in total. The van der Waals surface area contributed by atoms with Gasteiger partial charge in [0.2, 0.25) is 0 Å². The number of carbonyl (C=O) groups is 3. The lowest BCUT2D eigenvalue weighted by molar-refractivity contribution is -0.132. The minimum absolute atomic E-state index is 0.129. The van der Waals surface area contributed by atoms with E-state index in [1.807, 2.05) is 34.6 Å². The van der Waals surface area contributed by atoms with E-state index in [1.54, 1.807) is 30.4 Å². The van der Waals surface area contributed by atoms with Gasteiger partial charge in [0, 0.05) is 53.9 Å². The first-order valence-electron chi connectivity index (χ1n) is 14.6. The molecule has 2 aromatic rings. The van der Waals surface area contributed by atoms with Crippen molar-refractivity contribution in [2.75, 3.05) is 39.4 Å². The number of hydrogen-bond donors (Lipinski definition) is 3. The molecule has 0 radical (unpaired) electrons. The lowest BCUT2D eigenvalue weighted by Crippen LogP contribution is -2.46. The summed E-state index contributed by atoms with van der Waals surface area (Å²) < 4.78 is 23.2. The highest BCUT2D eigenvalue weighted by atomic mass is 35.5. The molecule has 0 saturated heterocycles. The number of aliphatic hydroxyl groups excluding tert-OH is 2. The first-order valence-corrected chi connectivity index (χ1v) is 15.0. The molecule has 0 fully saturated rings. The van der Waals surface area contributed by atoms with Crippen LogP contribution in [0, 0.1) is 5.41 Å². The molecule has 1 aliphatic rings. The third-order valence-corrected chi connectivity index (χ3v) is 6.78. The van der Waals surface area contributed by atoms with E-state index in [4.69, 9.17) is 26.2 Å². The Morgan fingerprint density at radius 1 is 1.26 bits per heavy atom. The molecule has 12 nitrogen and oxygen atoms in total. The Kier molecular flexibility index (Phi) is 20.0. The first-order chi connectivity index (χ1) is 22.4. The molecule has 14 heteroatoms. The monoisotopic (exact) mass is 683 g/mol. The van der Waals surface area contributed by atoms with Crippen molar-refractivity contribution < 1.29 is 48.6 Å². The number of amides is 1. The summed E-state index contributed by atoms with van der Waals surface area (Å²) in [5.41, 5.74) is 0.975. The predicted molar refractivity (Wildman–Crippen MR) is 178 cm³/mol. The second kappa shape index (κ2) is 21.8. The summed E-state index contributed by atoms with van der Waals surface area (Å²) in [5, 5.41) is 31.3. The number of carbonyl (C=O) groups excluding carboxylic acids is 2. The highest BCUT2D eigenvalue weighted by Crippen LogP contribution is 2.42. The SMILES string of the molecule is C=C/C(OC)=C(\C=C/C)C1O[C@H](Cc2c(C(=O)O)cnn2CC=O)C(=O)N(CC(C)(C)CO)c2ccc(Cl)cc21.CC.CO.COF. The summed E-state index contributed by atoms with van der Waals surface area (Å²) in [6, 6.07) is 5.08. The minimum atomic E-state index is -1.25. The van der Waals surface area contributed by atoms with Gasteiger partial charge in [-0.3, -0.25) is 9.48 Å². The Morgan fingerprint density at radius 2 is 1.87 bits per heavy atom. The number of rotatable bonds is 12. The van der Waals surface area contributed by atoms with Crippen molar-refractivity contribution in [1.29, 1.82) is 0 Å². The highest BCUT2D eigenvalue weighted by Gasteiger charge is 2.40. The number of fused-ring (bicyclic) bond motifs is 1. The zero-order chi connectivity index (χ0) is 36.3. The second-order valence-corrected chi connectivity index (χ2v) is 10.6. The maximum atomic E-state index is 14.3. The van der Waals surface area contributed by atoms with Crippen LogP contribution in [0.4, 0.5) is 10.2 Å².